The lowest BCUT2D eigenvalue weighted by atomic mass is 10.0. The van der Waals surface area contributed by atoms with Gasteiger partial charge >= 0.3 is 0 Å². The summed E-state index contributed by atoms with van der Waals surface area (Å²) in [6.07, 6.45) is 3.92. The minimum Gasteiger partial charge on any atom is -0.354 e. The first-order valence-corrected chi connectivity index (χ1v) is 8.10. The van der Waals surface area contributed by atoms with Gasteiger partial charge in [0, 0.05) is 44.0 Å². The highest BCUT2D eigenvalue weighted by molar-refractivity contribution is 5.40. The van der Waals surface area contributed by atoms with Gasteiger partial charge < -0.3 is 10.6 Å². The van der Waals surface area contributed by atoms with Crippen LogP contribution in [0.4, 0.5) is 5.82 Å². The smallest absolute Gasteiger partial charge is 0.128 e. The van der Waals surface area contributed by atoms with E-state index in [4.69, 9.17) is 5.73 Å². The van der Waals surface area contributed by atoms with Gasteiger partial charge in [-0.3, -0.25) is 4.90 Å². The van der Waals surface area contributed by atoms with Gasteiger partial charge in [-0.25, -0.2) is 4.98 Å². The highest BCUT2D eigenvalue weighted by atomic mass is 15.3. The zero-order valence-electron chi connectivity index (χ0n) is 14.0. The van der Waals surface area contributed by atoms with Crippen molar-refractivity contribution in [2.45, 2.75) is 52.1 Å². The standard InChI is InChI=1S/C17H30N4/c1-5-15(18)12-14-6-7-16(19-13-14)20-8-10-21(11-9-20)17(2,3)4/h6-7,13,15H,5,8-12,18H2,1-4H3. The van der Waals surface area contributed by atoms with E-state index in [0.717, 1.165) is 44.8 Å². The van der Waals surface area contributed by atoms with Crippen LogP contribution in [0.25, 0.3) is 0 Å². The van der Waals surface area contributed by atoms with Gasteiger partial charge in [0.1, 0.15) is 5.82 Å². The Morgan fingerprint density at radius 1 is 1.19 bits per heavy atom. The third-order valence-corrected chi connectivity index (χ3v) is 4.38. The molecular formula is C17H30N4. The van der Waals surface area contributed by atoms with Crippen LogP contribution in [-0.2, 0) is 6.42 Å². The summed E-state index contributed by atoms with van der Waals surface area (Å²) in [6, 6.07) is 4.56. The van der Waals surface area contributed by atoms with E-state index in [9.17, 15) is 0 Å². The van der Waals surface area contributed by atoms with Crippen LogP contribution in [0.15, 0.2) is 18.3 Å². The molecule has 1 aliphatic heterocycles. The monoisotopic (exact) mass is 290 g/mol. The van der Waals surface area contributed by atoms with Crippen molar-refractivity contribution in [2.75, 3.05) is 31.1 Å². The van der Waals surface area contributed by atoms with Crippen LogP contribution in [0.2, 0.25) is 0 Å². The third-order valence-electron chi connectivity index (χ3n) is 4.38. The van der Waals surface area contributed by atoms with Gasteiger partial charge in [-0.2, -0.15) is 0 Å². The summed E-state index contributed by atoms with van der Waals surface area (Å²) in [7, 11) is 0. The van der Waals surface area contributed by atoms with Gasteiger partial charge in [-0.05, 0) is 45.2 Å². The van der Waals surface area contributed by atoms with E-state index in [2.05, 4.69) is 54.6 Å². The average Bonchev–Trinajstić information content (AvgIpc) is 2.47. The minimum absolute atomic E-state index is 0.244. The summed E-state index contributed by atoms with van der Waals surface area (Å²) < 4.78 is 0. The molecule has 4 heteroatoms. The van der Waals surface area contributed by atoms with Crippen LogP contribution in [0.5, 0.6) is 0 Å². The summed E-state index contributed by atoms with van der Waals surface area (Å²) in [5, 5.41) is 0. The molecule has 1 fully saturated rings. The second kappa shape index (κ2) is 6.75. The van der Waals surface area contributed by atoms with E-state index in [-0.39, 0.29) is 11.6 Å². The molecule has 2 rings (SSSR count). The lowest BCUT2D eigenvalue weighted by molar-refractivity contribution is 0.128. The first kappa shape index (κ1) is 16.2. The lowest BCUT2D eigenvalue weighted by Gasteiger charge is -2.42. The SMILES string of the molecule is CCC(N)Cc1ccc(N2CCN(C(C)(C)C)CC2)nc1. The fraction of sp³-hybridized carbons (Fsp3) is 0.706. The van der Waals surface area contributed by atoms with Crippen molar-refractivity contribution in [1.29, 1.82) is 0 Å². The molecule has 0 aromatic carbocycles. The quantitative estimate of drug-likeness (QED) is 0.924. The van der Waals surface area contributed by atoms with Crippen LogP contribution in [0.1, 0.15) is 39.7 Å². The Kier molecular flexibility index (Phi) is 5.22. The van der Waals surface area contributed by atoms with Crippen LogP contribution in [0.3, 0.4) is 0 Å². The highest BCUT2D eigenvalue weighted by Crippen LogP contribution is 2.19. The molecule has 1 aliphatic rings. The number of anilines is 1. The summed E-state index contributed by atoms with van der Waals surface area (Å²) in [5.41, 5.74) is 7.50. The van der Waals surface area contributed by atoms with Gasteiger partial charge in [-0.1, -0.05) is 13.0 Å². The zero-order valence-corrected chi connectivity index (χ0v) is 14.0. The molecule has 0 radical (unpaired) electrons. The van der Waals surface area contributed by atoms with E-state index in [1.54, 1.807) is 0 Å². The topological polar surface area (TPSA) is 45.4 Å². The molecule has 2 heterocycles. The fourth-order valence-corrected chi connectivity index (χ4v) is 2.78. The molecule has 1 unspecified atom stereocenters. The number of aromatic nitrogens is 1. The van der Waals surface area contributed by atoms with E-state index in [1.807, 2.05) is 6.20 Å². The van der Waals surface area contributed by atoms with Crippen molar-refractivity contribution in [3.63, 3.8) is 0 Å². The van der Waals surface area contributed by atoms with Crippen molar-refractivity contribution in [1.82, 2.24) is 9.88 Å². The van der Waals surface area contributed by atoms with Gasteiger partial charge in [0.15, 0.2) is 0 Å². The zero-order chi connectivity index (χ0) is 15.5. The van der Waals surface area contributed by atoms with Gasteiger partial charge in [0.25, 0.3) is 0 Å². The Morgan fingerprint density at radius 2 is 1.86 bits per heavy atom. The maximum Gasteiger partial charge on any atom is 0.128 e. The van der Waals surface area contributed by atoms with Crippen LogP contribution < -0.4 is 10.6 Å². The summed E-state index contributed by atoms with van der Waals surface area (Å²) in [5.74, 6) is 1.09. The first-order valence-electron chi connectivity index (χ1n) is 8.10. The molecule has 1 atom stereocenters. The van der Waals surface area contributed by atoms with Crippen LogP contribution in [0, 0.1) is 0 Å². The molecule has 2 N–H and O–H groups in total. The molecule has 21 heavy (non-hydrogen) atoms. The number of hydrogen-bond donors (Lipinski definition) is 1. The number of nitrogens with zero attached hydrogens (tertiary/aromatic N) is 3. The normalized spacial score (nSPS) is 18.8. The highest BCUT2D eigenvalue weighted by Gasteiger charge is 2.26. The number of hydrogen-bond acceptors (Lipinski definition) is 4. The maximum absolute atomic E-state index is 6.00. The largest absolute Gasteiger partial charge is 0.354 e. The van der Waals surface area contributed by atoms with E-state index < -0.39 is 0 Å². The van der Waals surface area contributed by atoms with Crippen molar-refractivity contribution in [2.24, 2.45) is 5.73 Å². The third kappa shape index (κ3) is 4.42. The van der Waals surface area contributed by atoms with Crippen molar-refractivity contribution < 1.29 is 0 Å². The molecule has 1 aromatic heterocycles. The molecule has 0 bridgehead atoms. The van der Waals surface area contributed by atoms with Crippen LogP contribution in [-0.4, -0.2) is 47.6 Å². The minimum atomic E-state index is 0.244. The van der Waals surface area contributed by atoms with Gasteiger partial charge in [0.05, 0.1) is 0 Å². The van der Waals surface area contributed by atoms with E-state index >= 15 is 0 Å². The summed E-state index contributed by atoms with van der Waals surface area (Å²) in [6.45, 7) is 13.3. The summed E-state index contributed by atoms with van der Waals surface area (Å²) >= 11 is 0. The van der Waals surface area contributed by atoms with Crippen molar-refractivity contribution >= 4 is 5.82 Å². The molecule has 1 aromatic rings. The lowest BCUT2D eigenvalue weighted by Crippen LogP contribution is -2.53. The van der Waals surface area contributed by atoms with Gasteiger partial charge in [-0.15, -0.1) is 0 Å². The second-order valence-electron chi connectivity index (χ2n) is 7.04. The predicted octanol–water partition coefficient (Wildman–Crippen LogP) is 2.28. The molecule has 0 amide bonds. The Labute approximate surface area is 129 Å². The molecule has 1 saturated heterocycles. The average molecular weight is 290 g/mol. The van der Waals surface area contributed by atoms with Crippen molar-refractivity contribution in [3.05, 3.63) is 23.9 Å². The Balaban J connectivity index is 1.92. The number of piperazine rings is 1. The Bertz CT molecular complexity index is 427. The Morgan fingerprint density at radius 3 is 2.33 bits per heavy atom. The number of pyridine rings is 1. The van der Waals surface area contributed by atoms with Crippen molar-refractivity contribution in [3.8, 4) is 0 Å². The predicted molar refractivity (Wildman–Crippen MR) is 89.7 cm³/mol. The second-order valence-corrected chi connectivity index (χ2v) is 7.04. The molecular weight excluding hydrogens is 260 g/mol. The van der Waals surface area contributed by atoms with Crippen LogP contribution >= 0.6 is 0 Å². The van der Waals surface area contributed by atoms with E-state index in [1.165, 1.54) is 5.56 Å². The summed E-state index contributed by atoms with van der Waals surface area (Å²) in [4.78, 5) is 9.55. The molecule has 0 aliphatic carbocycles. The molecule has 0 spiro atoms. The Hall–Kier alpha value is -1.13. The molecule has 118 valence electrons. The molecule has 4 nitrogen and oxygen atoms in total. The van der Waals surface area contributed by atoms with E-state index in [0.29, 0.717) is 0 Å². The first-order chi connectivity index (χ1) is 9.90. The fourth-order valence-electron chi connectivity index (χ4n) is 2.78. The number of rotatable bonds is 4. The number of nitrogens with two attached hydrogens (primary N) is 1. The maximum atomic E-state index is 6.00. The van der Waals surface area contributed by atoms with Gasteiger partial charge in [0.2, 0.25) is 0 Å². The molecule has 0 saturated carbocycles.